The zero-order valence-electron chi connectivity index (χ0n) is 19.1. The van der Waals surface area contributed by atoms with Crippen molar-refractivity contribution in [3.8, 4) is 5.75 Å². The third-order valence-corrected chi connectivity index (χ3v) is 7.47. The summed E-state index contributed by atoms with van der Waals surface area (Å²) in [5.74, 6) is 0.847. The SMILES string of the molecule is COc1ccc(CCN2CCN(C(=O)CCNS(=O)(=O)c3ccc(C)cc3C)CC2)cc1. The summed E-state index contributed by atoms with van der Waals surface area (Å²) in [6.45, 7) is 7.76. The lowest BCUT2D eigenvalue weighted by molar-refractivity contribution is -0.132. The van der Waals surface area contributed by atoms with Crippen LogP contribution in [0.15, 0.2) is 47.4 Å². The molecular weight excluding hydrogens is 426 g/mol. The summed E-state index contributed by atoms with van der Waals surface area (Å²) in [7, 11) is -1.96. The van der Waals surface area contributed by atoms with Crippen LogP contribution in [-0.2, 0) is 21.2 Å². The summed E-state index contributed by atoms with van der Waals surface area (Å²) in [6.07, 6.45) is 1.12. The second kappa shape index (κ2) is 10.9. The van der Waals surface area contributed by atoms with Gasteiger partial charge in [0.25, 0.3) is 0 Å². The maximum absolute atomic E-state index is 12.5. The number of carbonyl (C=O) groups excluding carboxylic acids is 1. The normalized spacial score (nSPS) is 15.0. The Hall–Kier alpha value is -2.42. The number of carbonyl (C=O) groups is 1. The van der Waals surface area contributed by atoms with Gasteiger partial charge in [-0.2, -0.15) is 0 Å². The summed E-state index contributed by atoms with van der Waals surface area (Å²) in [4.78, 5) is 17.0. The minimum atomic E-state index is -3.62. The summed E-state index contributed by atoms with van der Waals surface area (Å²) in [5, 5.41) is 0. The highest BCUT2D eigenvalue weighted by molar-refractivity contribution is 7.89. The van der Waals surface area contributed by atoms with Crippen LogP contribution in [0.3, 0.4) is 0 Å². The van der Waals surface area contributed by atoms with Gasteiger partial charge in [-0.1, -0.05) is 29.8 Å². The average molecular weight is 460 g/mol. The number of sulfonamides is 1. The van der Waals surface area contributed by atoms with Crippen LogP contribution in [0.5, 0.6) is 5.75 Å². The molecule has 2 aromatic carbocycles. The van der Waals surface area contributed by atoms with Crippen LogP contribution < -0.4 is 9.46 Å². The van der Waals surface area contributed by atoms with E-state index < -0.39 is 10.0 Å². The molecule has 1 aliphatic heterocycles. The van der Waals surface area contributed by atoms with Crippen molar-refractivity contribution in [1.82, 2.24) is 14.5 Å². The first-order valence-corrected chi connectivity index (χ1v) is 12.5. The van der Waals surface area contributed by atoms with Gasteiger partial charge in [0, 0.05) is 45.7 Å². The van der Waals surface area contributed by atoms with Gasteiger partial charge < -0.3 is 9.64 Å². The van der Waals surface area contributed by atoms with E-state index in [1.807, 2.05) is 30.0 Å². The summed E-state index contributed by atoms with van der Waals surface area (Å²) >= 11 is 0. The lowest BCUT2D eigenvalue weighted by Gasteiger charge is -2.34. The van der Waals surface area contributed by atoms with Crippen LogP contribution in [0.1, 0.15) is 23.1 Å². The van der Waals surface area contributed by atoms with Crippen molar-refractivity contribution < 1.29 is 17.9 Å². The van der Waals surface area contributed by atoms with E-state index in [0.29, 0.717) is 18.7 Å². The molecule has 1 aliphatic rings. The van der Waals surface area contributed by atoms with Gasteiger partial charge in [-0.25, -0.2) is 13.1 Å². The Morgan fingerprint density at radius 2 is 1.72 bits per heavy atom. The molecule has 32 heavy (non-hydrogen) atoms. The van der Waals surface area contributed by atoms with E-state index in [1.165, 1.54) is 5.56 Å². The maximum Gasteiger partial charge on any atom is 0.240 e. The number of amides is 1. The van der Waals surface area contributed by atoms with E-state index in [9.17, 15) is 13.2 Å². The minimum Gasteiger partial charge on any atom is -0.497 e. The van der Waals surface area contributed by atoms with Crippen LogP contribution >= 0.6 is 0 Å². The number of benzene rings is 2. The molecule has 0 bridgehead atoms. The number of piperazine rings is 1. The predicted molar refractivity (Wildman–Crippen MR) is 125 cm³/mol. The fourth-order valence-corrected chi connectivity index (χ4v) is 5.19. The standard InChI is InChI=1S/C24H33N3O4S/c1-19-4-9-23(20(2)18-19)32(29,30)25-12-10-24(28)27-16-14-26(15-17-27)13-11-21-5-7-22(31-3)8-6-21/h4-9,18,25H,10-17H2,1-3H3. The van der Waals surface area contributed by atoms with E-state index in [1.54, 1.807) is 26.2 Å². The summed E-state index contributed by atoms with van der Waals surface area (Å²) < 4.78 is 32.8. The lowest BCUT2D eigenvalue weighted by atomic mass is 10.1. The number of hydrogen-bond acceptors (Lipinski definition) is 5. The summed E-state index contributed by atoms with van der Waals surface area (Å²) in [6, 6.07) is 13.3. The van der Waals surface area contributed by atoms with Crippen molar-refractivity contribution in [2.75, 3.05) is 46.4 Å². The second-order valence-electron chi connectivity index (χ2n) is 8.24. The Kier molecular flexibility index (Phi) is 8.28. The molecule has 8 heteroatoms. The van der Waals surface area contributed by atoms with Gasteiger partial charge in [-0.15, -0.1) is 0 Å². The molecule has 7 nitrogen and oxygen atoms in total. The molecule has 2 aromatic rings. The molecule has 3 rings (SSSR count). The largest absolute Gasteiger partial charge is 0.497 e. The molecule has 1 amide bonds. The van der Waals surface area contributed by atoms with Crippen molar-refractivity contribution >= 4 is 15.9 Å². The number of hydrogen-bond donors (Lipinski definition) is 1. The second-order valence-corrected chi connectivity index (χ2v) is 9.97. The maximum atomic E-state index is 12.5. The number of aryl methyl sites for hydroxylation is 2. The molecule has 1 heterocycles. The smallest absolute Gasteiger partial charge is 0.240 e. The molecule has 174 valence electrons. The molecule has 0 radical (unpaired) electrons. The van der Waals surface area contributed by atoms with Gasteiger partial charge in [0.2, 0.25) is 15.9 Å². The highest BCUT2D eigenvalue weighted by Crippen LogP contribution is 2.16. The van der Waals surface area contributed by atoms with Crippen LogP contribution in [0.25, 0.3) is 0 Å². The van der Waals surface area contributed by atoms with Crippen molar-refractivity contribution in [2.45, 2.75) is 31.6 Å². The fourth-order valence-electron chi connectivity index (χ4n) is 3.93. The van der Waals surface area contributed by atoms with E-state index in [-0.39, 0.29) is 23.8 Å². The molecule has 1 N–H and O–H groups in total. The van der Waals surface area contributed by atoms with Crippen molar-refractivity contribution in [2.24, 2.45) is 0 Å². The molecule has 0 aliphatic carbocycles. The van der Waals surface area contributed by atoms with Crippen molar-refractivity contribution in [3.63, 3.8) is 0 Å². The molecule has 0 unspecified atom stereocenters. The number of nitrogens with one attached hydrogen (secondary N) is 1. The van der Waals surface area contributed by atoms with E-state index in [0.717, 1.165) is 37.4 Å². The average Bonchev–Trinajstić information content (AvgIpc) is 2.78. The monoisotopic (exact) mass is 459 g/mol. The van der Waals surface area contributed by atoms with Crippen LogP contribution in [0.2, 0.25) is 0 Å². The molecule has 0 atom stereocenters. The minimum absolute atomic E-state index is 0.0110. The van der Waals surface area contributed by atoms with Crippen LogP contribution in [-0.4, -0.2) is 70.5 Å². The zero-order chi connectivity index (χ0) is 23.1. The topological polar surface area (TPSA) is 79.0 Å². The van der Waals surface area contributed by atoms with Gasteiger partial charge in [-0.3, -0.25) is 9.69 Å². The Bertz CT molecular complexity index is 1010. The quantitative estimate of drug-likeness (QED) is 0.623. The lowest BCUT2D eigenvalue weighted by Crippen LogP contribution is -2.49. The molecular formula is C24H33N3O4S. The molecule has 1 fully saturated rings. The highest BCUT2D eigenvalue weighted by atomic mass is 32.2. The first kappa shape index (κ1) is 24.2. The third-order valence-electron chi connectivity index (χ3n) is 5.85. The van der Waals surface area contributed by atoms with Crippen molar-refractivity contribution in [1.29, 1.82) is 0 Å². The number of ether oxygens (including phenoxy) is 1. The van der Waals surface area contributed by atoms with Gasteiger partial charge in [0.15, 0.2) is 0 Å². The number of methoxy groups -OCH3 is 1. The molecule has 1 saturated heterocycles. The zero-order valence-corrected chi connectivity index (χ0v) is 20.0. The molecule has 0 spiro atoms. The highest BCUT2D eigenvalue weighted by Gasteiger charge is 2.22. The van der Waals surface area contributed by atoms with Crippen LogP contribution in [0.4, 0.5) is 0 Å². The third kappa shape index (κ3) is 6.54. The summed E-state index contributed by atoms with van der Waals surface area (Å²) in [5.41, 5.74) is 2.98. The first-order chi connectivity index (χ1) is 15.3. The Morgan fingerprint density at radius 1 is 1.03 bits per heavy atom. The van der Waals surface area contributed by atoms with Gasteiger partial charge in [0.1, 0.15) is 5.75 Å². The number of rotatable bonds is 9. The van der Waals surface area contributed by atoms with E-state index >= 15 is 0 Å². The fraction of sp³-hybridized carbons (Fsp3) is 0.458. The Balaban J connectivity index is 1.39. The van der Waals surface area contributed by atoms with Crippen LogP contribution in [0, 0.1) is 13.8 Å². The molecule has 0 saturated carbocycles. The van der Waals surface area contributed by atoms with Gasteiger partial charge >= 0.3 is 0 Å². The predicted octanol–water partition coefficient (Wildman–Crippen LogP) is 2.37. The molecule has 0 aromatic heterocycles. The van der Waals surface area contributed by atoms with E-state index in [4.69, 9.17) is 4.74 Å². The van der Waals surface area contributed by atoms with E-state index in [2.05, 4.69) is 21.8 Å². The Morgan fingerprint density at radius 3 is 2.34 bits per heavy atom. The van der Waals surface area contributed by atoms with Gasteiger partial charge in [-0.05, 0) is 49.6 Å². The first-order valence-electron chi connectivity index (χ1n) is 11.0. The Labute approximate surface area is 191 Å². The van der Waals surface area contributed by atoms with Crippen molar-refractivity contribution in [3.05, 3.63) is 59.2 Å². The number of nitrogens with zero attached hydrogens (tertiary/aromatic N) is 2. The van der Waals surface area contributed by atoms with Gasteiger partial charge in [0.05, 0.1) is 12.0 Å².